The number of hydrogen-bond donors (Lipinski definition) is 0. The van der Waals surface area contributed by atoms with E-state index >= 15 is 0 Å². The van der Waals surface area contributed by atoms with E-state index < -0.39 is 0 Å². The van der Waals surface area contributed by atoms with Gasteiger partial charge in [-0.1, -0.05) is 32.4 Å². The van der Waals surface area contributed by atoms with Crippen LogP contribution in [0.2, 0.25) is 0 Å². The van der Waals surface area contributed by atoms with Crippen LogP contribution in [0, 0.1) is 12.8 Å². The molecule has 1 atom stereocenters. The average Bonchev–Trinajstić information content (AvgIpc) is 1.83. The summed E-state index contributed by atoms with van der Waals surface area (Å²) in [6, 6.07) is 0. The van der Waals surface area contributed by atoms with E-state index in [1.807, 2.05) is 0 Å². The second-order valence-electron chi connectivity index (χ2n) is 2.10. The predicted molar refractivity (Wildman–Crippen MR) is 38.6 cm³/mol. The third-order valence-electron chi connectivity index (χ3n) is 1.28. The zero-order valence-electron chi connectivity index (χ0n) is 5.85. The second kappa shape index (κ2) is 4.89. The Labute approximate surface area is 52.6 Å². The maximum atomic E-state index is 3.71. The maximum absolute atomic E-state index is 3.71. The minimum atomic E-state index is 0.733. The molecule has 0 aliphatic carbocycles. The lowest BCUT2D eigenvalue weighted by molar-refractivity contribution is 0.696. The second-order valence-corrected chi connectivity index (χ2v) is 2.10. The molecular weight excluding hydrogens is 96.1 g/mol. The molecule has 1 unspecified atom stereocenters. The highest BCUT2D eigenvalue weighted by atomic mass is 13.9. The molecule has 1 radical (unpaired) electrons. The van der Waals surface area contributed by atoms with Gasteiger partial charge in [0.15, 0.2) is 0 Å². The Morgan fingerprint density at radius 1 is 1.62 bits per heavy atom. The summed E-state index contributed by atoms with van der Waals surface area (Å²) in [5, 5.41) is 0. The van der Waals surface area contributed by atoms with Gasteiger partial charge in [0.1, 0.15) is 0 Å². The van der Waals surface area contributed by atoms with E-state index in [1.165, 1.54) is 6.42 Å². The monoisotopic (exact) mass is 111 g/mol. The summed E-state index contributed by atoms with van der Waals surface area (Å²) >= 11 is 0. The van der Waals surface area contributed by atoms with Crippen molar-refractivity contribution in [3.63, 3.8) is 0 Å². The van der Waals surface area contributed by atoms with Gasteiger partial charge < -0.3 is 0 Å². The lowest BCUT2D eigenvalue weighted by Gasteiger charge is -1.96. The van der Waals surface area contributed by atoms with Gasteiger partial charge in [-0.15, -0.1) is 0 Å². The largest absolute Gasteiger partial charge is 0.0883 e. The molecule has 0 amide bonds. The normalized spacial score (nSPS) is 14.9. The van der Waals surface area contributed by atoms with Gasteiger partial charge in [-0.25, -0.2) is 0 Å². The fourth-order valence-electron chi connectivity index (χ4n) is 0.465. The molecule has 0 spiro atoms. The highest BCUT2D eigenvalue weighted by molar-refractivity contribution is 4.85. The maximum Gasteiger partial charge on any atom is -0.0265 e. The van der Waals surface area contributed by atoms with Gasteiger partial charge in [0, 0.05) is 0 Å². The van der Waals surface area contributed by atoms with E-state index in [-0.39, 0.29) is 0 Å². The van der Waals surface area contributed by atoms with E-state index in [4.69, 9.17) is 0 Å². The molecule has 0 saturated carbocycles. The average molecular weight is 111 g/mol. The first-order valence-electron chi connectivity index (χ1n) is 3.27. The predicted octanol–water partition coefficient (Wildman–Crippen LogP) is 2.81. The Kier molecular flexibility index (Phi) is 4.73. The van der Waals surface area contributed by atoms with Crippen molar-refractivity contribution < 1.29 is 0 Å². The zero-order chi connectivity index (χ0) is 6.41. The van der Waals surface area contributed by atoms with Crippen LogP contribution < -0.4 is 0 Å². The highest BCUT2D eigenvalue weighted by Crippen LogP contribution is 2.01. The van der Waals surface area contributed by atoms with Gasteiger partial charge in [-0.3, -0.25) is 0 Å². The van der Waals surface area contributed by atoms with Gasteiger partial charge in [-0.05, 0) is 19.3 Å². The summed E-state index contributed by atoms with van der Waals surface area (Å²) in [7, 11) is 0. The fraction of sp³-hybridized carbons (Fsp3) is 0.625. The van der Waals surface area contributed by atoms with E-state index in [2.05, 4.69) is 32.9 Å². The molecule has 0 aromatic carbocycles. The van der Waals surface area contributed by atoms with Crippen molar-refractivity contribution in [1.29, 1.82) is 0 Å². The summed E-state index contributed by atoms with van der Waals surface area (Å²) in [5.74, 6) is 0.733. The third kappa shape index (κ3) is 3.91. The van der Waals surface area contributed by atoms with Crippen LogP contribution in [0.3, 0.4) is 0 Å². The highest BCUT2D eigenvalue weighted by Gasteiger charge is 1.87. The fourth-order valence-corrected chi connectivity index (χ4v) is 0.465. The SMILES string of the molecule is [CH2]C/C=C/C(C)CC. The number of rotatable bonds is 3. The molecule has 0 nitrogen and oxygen atoms in total. The Bertz CT molecular complexity index is 62.4. The topological polar surface area (TPSA) is 0 Å². The van der Waals surface area contributed by atoms with Crippen LogP contribution in [0.1, 0.15) is 26.7 Å². The lowest BCUT2D eigenvalue weighted by atomic mass is 10.1. The van der Waals surface area contributed by atoms with Crippen molar-refractivity contribution >= 4 is 0 Å². The standard InChI is InChI=1S/C8H15/c1-4-6-7-8(3)5-2/h6-8H,1,4-5H2,2-3H3/b7-6+. The Balaban J connectivity index is 3.21. The molecule has 0 aliphatic heterocycles. The van der Waals surface area contributed by atoms with Crippen LogP contribution in [0.5, 0.6) is 0 Å². The molecule has 0 rings (SSSR count). The zero-order valence-corrected chi connectivity index (χ0v) is 5.85. The van der Waals surface area contributed by atoms with Gasteiger partial charge in [0.05, 0.1) is 0 Å². The first kappa shape index (κ1) is 7.74. The summed E-state index contributed by atoms with van der Waals surface area (Å²) in [6.07, 6.45) is 6.49. The molecule has 0 aromatic heterocycles. The molecule has 8 heavy (non-hydrogen) atoms. The van der Waals surface area contributed by atoms with E-state index in [9.17, 15) is 0 Å². The molecule has 0 heteroatoms. The van der Waals surface area contributed by atoms with Crippen molar-refractivity contribution in [3.8, 4) is 0 Å². The molecule has 0 heterocycles. The molecule has 0 saturated heterocycles. The summed E-state index contributed by atoms with van der Waals surface area (Å²) in [4.78, 5) is 0. The van der Waals surface area contributed by atoms with Crippen molar-refractivity contribution in [2.24, 2.45) is 5.92 Å². The van der Waals surface area contributed by atoms with Crippen LogP contribution in [0.25, 0.3) is 0 Å². The minimum Gasteiger partial charge on any atom is -0.0883 e. The summed E-state index contributed by atoms with van der Waals surface area (Å²) in [5.41, 5.74) is 0. The van der Waals surface area contributed by atoms with Crippen LogP contribution in [0.4, 0.5) is 0 Å². The summed E-state index contributed by atoms with van der Waals surface area (Å²) < 4.78 is 0. The van der Waals surface area contributed by atoms with Gasteiger partial charge in [0.25, 0.3) is 0 Å². The molecule has 0 fully saturated rings. The van der Waals surface area contributed by atoms with Gasteiger partial charge in [-0.2, -0.15) is 0 Å². The van der Waals surface area contributed by atoms with E-state index in [0.29, 0.717) is 0 Å². The quantitative estimate of drug-likeness (QED) is 0.491. The summed E-state index contributed by atoms with van der Waals surface area (Å²) in [6.45, 7) is 8.11. The Morgan fingerprint density at radius 2 is 2.25 bits per heavy atom. The van der Waals surface area contributed by atoms with Crippen molar-refractivity contribution in [2.75, 3.05) is 0 Å². The molecule has 0 aliphatic rings. The van der Waals surface area contributed by atoms with Crippen LogP contribution in [-0.2, 0) is 0 Å². The van der Waals surface area contributed by atoms with Crippen LogP contribution >= 0.6 is 0 Å². The third-order valence-corrected chi connectivity index (χ3v) is 1.28. The van der Waals surface area contributed by atoms with Crippen molar-refractivity contribution in [1.82, 2.24) is 0 Å². The van der Waals surface area contributed by atoms with E-state index in [0.717, 1.165) is 12.3 Å². The number of allylic oxidation sites excluding steroid dienone is 2. The van der Waals surface area contributed by atoms with Crippen LogP contribution in [-0.4, -0.2) is 0 Å². The number of hydrogen-bond acceptors (Lipinski definition) is 0. The molecule has 0 bridgehead atoms. The van der Waals surface area contributed by atoms with Crippen LogP contribution in [0.15, 0.2) is 12.2 Å². The molecule has 0 N–H and O–H groups in total. The van der Waals surface area contributed by atoms with Crippen molar-refractivity contribution in [3.05, 3.63) is 19.1 Å². The molecule has 47 valence electrons. The molecular formula is C8H15. The van der Waals surface area contributed by atoms with Crippen molar-refractivity contribution in [2.45, 2.75) is 26.7 Å². The Morgan fingerprint density at radius 3 is 2.62 bits per heavy atom. The first-order chi connectivity index (χ1) is 3.81. The van der Waals surface area contributed by atoms with E-state index in [1.54, 1.807) is 0 Å². The molecule has 0 aromatic rings. The lowest BCUT2D eigenvalue weighted by Crippen LogP contribution is -1.82. The smallest absolute Gasteiger partial charge is 0.0265 e. The van der Waals surface area contributed by atoms with Gasteiger partial charge in [0.2, 0.25) is 0 Å². The minimum absolute atomic E-state index is 0.733. The first-order valence-corrected chi connectivity index (χ1v) is 3.27. The Hall–Kier alpha value is -0.260. The van der Waals surface area contributed by atoms with Gasteiger partial charge >= 0.3 is 0 Å².